The fourth-order valence-corrected chi connectivity index (χ4v) is 5.72. The first kappa shape index (κ1) is 21.4. The number of amides is 1. The second kappa shape index (κ2) is 8.37. The minimum Gasteiger partial charge on any atom is -0.361 e. The third-order valence-electron chi connectivity index (χ3n) is 7.90. The third-order valence-corrected chi connectivity index (χ3v) is 7.90. The number of likely N-dealkylation sites (tertiary alicyclic amines) is 1. The molecule has 2 aromatic heterocycles. The first-order valence-electron chi connectivity index (χ1n) is 13.1. The van der Waals surface area contributed by atoms with Gasteiger partial charge in [0.25, 0.3) is 0 Å². The highest BCUT2D eigenvalue weighted by Gasteiger charge is 2.36. The first-order chi connectivity index (χ1) is 17.6. The summed E-state index contributed by atoms with van der Waals surface area (Å²) >= 11 is 0. The van der Waals surface area contributed by atoms with E-state index < -0.39 is 0 Å². The molecule has 180 valence electrons. The summed E-state index contributed by atoms with van der Waals surface area (Å²) in [6.07, 6.45) is 5.19. The van der Waals surface area contributed by atoms with Gasteiger partial charge in [-0.15, -0.1) is 0 Å². The summed E-state index contributed by atoms with van der Waals surface area (Å²) in [7, 11) is 0. The Balaban J connectivity index is 1.21. The van der Waals surface area contributed by atoms with E-state index in [-0.39, 0.29) is 0 Å². The van der Waals surface area contributed by atoms with E-state index in [0.29, 0.717) is 17.7 Å². The van der Waals surface area contributed by atoms with Crippen LogP contribution in [0.15, 0.2) is 72.9 Å². The Morgan fingerprint density at radius 3 is 2.58 bits per heavy atom. The molecule has 2 aliphatic rings. The van der Waals surface area contributed by atoms with Gasteiger partial charge in [-0.1, -0.05) is 36.4 Å². The Morgan fingerprint density at radius 2 is 1.75 bits per heavy atom. The predicted octanol–water partition coefficient (Wildman–Crippen LogP) is 6.42. The largest absolute Gasteiger partial charge is 0.361 e. The van der Waals surface area contributed by atoms with E-state index in [1.807, 2.05) is 6.20 Å². The second-order valence-corrected chi connectivity index (χ2v) is 10.6. The van der Waals surface area contributed by atoms with Crippen LogP contribution in [0.2, 0.25) is 0 Å². The first-order valence-corrected chi connectivity index (χ1v) is 13.1. The van der Waals surface area contributed by atoms with Crippen LogP contribution in [0.1, 0.15) is 24.8 Å². The number of rotatable bonds is 5. The molecule has 1 aliphatic carbocycles. The van der Waals surface area contributed by atoms with Crippen LogP contribution in [0.4, 0.5) is 0 Å². The van der Waals surface area contributed by atoms with E-state index in [9.17, 15) is 4.79 Å². The summed E-state index contributed by atoms with van der Waals surface area (Å²) in [6.45, 7) is 4.75. The van der Waals surface area contributed by atoms with Gasteiger partial charge in [-0.2, -0.15) is 0 Å². The van der Waals surface area contributed by atoms with Crippen molar-refractivity contribution < 1.29 is 4.79 Å². The summed E-state index contributed by atoms with van der Waals surface area (Å²) in [5.74, 6) is 2.14. The number of fused-ring (bicyclic) bond motifs is 2. The number of imidazole rings is 1. The van der Waals surface area contributed by atoms with Gasteiger partial charge in [-0.05, 0) is 84.5 Å². The minimum atomic E-state index is 0.299. The average molecular weight is 475 g/mol. The van der Waals surface area contributed by atoms with Crippen molar-refractivity contribution in [1.29, 1.82) is 0 Å². The zero-order chi connectivity index (χ0) is 24.2. The lowest BCUT2D eigenvalue weighted by Gasteiger charge is -2.18. The molecule has 5 heteroatoms. The van der Waals surface area contributed by atoms with E-state index in [4.69, 9.17) is 4.98 Å². The van der Waals surface area contributed by atoms with E-state index in [0.717, 1.165) is 61.3 Å². The SMILES string of the molecule is Cc1ccc2c(c1)nc(-c1ccc(-c3ccc4[nH]ccc4c3)cc1)n2CC1CCN(C(=O)C2CC2)C1. The molecular formula is C31H30N4O. The number of nitrogens with zero attached hydrogens (tertiary/aromatic N) is 3. The van der Waals surface area contributed by atoms with Gasteiger partial charge in [0.05, 0.1) is 11.0 Å². The number of carbonyl (C=O) groups is 1. The summed E-state index contributed by atoms with van der Waals surface area (Å²) in [6, 6.07) is 24.0. The number of benzene rings is 3. The number of hydrogen-bond acceptors (Lipinski definition) is 2. The van der Waals surface area contributed by atoms with Crippen LogP contribution >= 0.6 is 0 Å². The molecule has 7 rings (SSSR count). The van der Waals surface area contributed by atoms with Gasteiger partial charge in [0, 0.05) is 42.8 Å². The van der Waals surface area contributed by atoms with Crippen molar-refractivity contribution in [2.45, 2.75) is 32.7 Å². The van der Waals surface area contributed by atoms with Crippen LogP contribution < -0.4 is 0 Å². The molecule has 1 saturated carbocycles. The molecule has 1 N–H and O–H groups in total. The topological polar surface area (TPSA) is 53.9 Å². The lowest BCUT2D eigenvalue weighted by Crippen LogP contribution is -2.30. The molecule has 5 aromatic rings. The standard InChI is InChI=1S/C31H30N4O/c1-20-2-11-29-28(16-20)33-30(35(29)19-21-13-15-34(18-21)31(36)24-7-8-24)23-5-3-22(4-6-23)25-9-10-27-26(17-25)12-14-32-27/h2-6,9-12,14,16-17,21,24,32H,7-8,13,15,18-19H2,1H3. The average Bonchev–Trinajstić information content (AvgIpc) is 3.30. The predicted molar refractivity (Wildman–Crippen MR) is 145 cm³/mol. The van der Waals surface area contributed by atoms with Gasteiger partial charge >= 0.3 is 0 Å². The number of nitrogens with one attached hydrogen (secondary N) is 1. The van der Waals surface area contributed by atoms with E-state index >= 15 is 0 Å². The zero-order valence-corrected chi connectivity index (χ0v) is 20.6. The fraction of sp³-hybridized carbons (Fsp3) is 0.290. The second-order valence-electron chi connectivity index (χ2n) is 10.6. The van der Waals surface area contributed by atoms with Crippen LogP contribution in [-0.2, 0) is 11.3 Å². The quantitative estimate of drug-likeness (QED) is 0.320. The zero-order valence-electron chi connectivity index (χ0n) is 20.6. The van der Waals surface area contributed by atoms with Crippen molar-refractivity contribution in [3.63, 3.8) is 0 Å². The number of aromatic nitrogens is 3. The Morgan fingerprint density at radius 1 is 0.944 bits per heavy atom. The van der Waals surface area contributed by atoms with Gasteiger partial charge in [0.2, 0.25) is 5.91 Å². The smallest absolute Gasteiger partial charge is 0.225 e. The molecule has 36 heavy (non-hydrogen) atoms. The highest BCUT2D eigenvalue weighted by Crippen LogP contribution is 2.34. The summed E-state index contributed by atoms with van der Waals surface area (Å²) in [4.78, 5) is 23.1. The maximum atomic E-state index is 12.6. The summed E-state index contributed by atoms with van der Waals surface area (Å²) < 4.78 is 2.38. The molecule has 1 atom stereocenters. The Kier molecular flexibility index (Phi) is 4.98. The maximum absolute atomic E-state index is 12.6. The van der Waals surface area contributed by atoms with Crippen LogP contribution in [0.3, 0.4) is 0 Å². The summed E-state index contributed by atoms with van der Waals surface area (Å²) in [5.41, 5.74) is 8.12. The molecule has 0 bridgehead atoms. The Bertz CT molecular complexity index is 1590. The highest BCUT2D eigenvalue weighted by atomic mass is 16.2. The summed E-state index contributed by atoms with van der Waals surface area (Å²) in [5, 5.41) is 1.22. The Labute approximate surface area is 210 Å². The van der Waals surface area contributed by atoms with E-state index in [2.05, 4.69) is 88.1 Å². The van der Waals surface area contributed by atoms with E-state index in [1.54, 1.807) is 0 Å². The van der Waals surface area contributed by atoms with Gasteiger partial charge < -0.3 is 14.5 Å². The molecular weight excluding hydrogens is 444 g/mol. The van der Waals surface area contributed by atoms with Crippen molar-refractivity contribution in [1.82, 2.24) is 19.4 Å². The molecule has 1 aliphatic heterocycles. The van der Waals surface area contributed by atoms with E-state index in [1.165, 1.54) is 27.6 Å². The van der Waals surface area contributed by atoms with Crippen LogP contribution in [-0.4, -0.2) is 38.4 Å². The van der Waals surface area contributed by atoms with Gasteiger partial charge in [0.1, 0.15) is 5.82 Å². The molecule has 1 unspecified atom stereocenters. The van der Waals surface area contributed by atoms with Crippen LogP contribution in [0.5, 0.6) is 0 Å². The molecule has 2 fully saturated rings. The van der Waals surface area contributed by atoms with Crippen molar-refractivity contribution >= 4 is 27.8 Å². The van der Waals surface area contributed by atoms with Crippen LogP contribution in [0, 0.1) is 18.8 Å². The van der Waals surface area contributed by atoms with Crippen molar-refractivity contribution in [2.75, 3.05) is 13.1 Å². The number of hydrogen-bond donors (Lipinski definition) is 1. The molecule has 0 spiro atoms. The lowest BCUT2D eigenvalue weighted by atomic mass is 10.0. The van der Waals surface area contributed by atoms with Crippen molar-refractivity contribution in [2.24, 2.45) is 11.8 Å². The number of aromatic amines is 1. The van der Waals surface area contributed by atoms with Gasteiger partial charge in [-0.3, -0.25) is 4.79 Å². The number of aryl methyl sites for hydroxylation is 1. The van der Waals surface area contributed by atoms with Crippen molar-refractivity contribution in [3.05, 3.63) is 78.5 Å². The third kappa shape index (κ3) is 3.79. The molecule has 5 nitrogen and oxygen atoms in total. The van der Waals surface area contributed by atoms with Gasteiger partial charge in [-0.25, -0.2) is 4.98 Å². The number of carbonyl (C=O) groups excluding carboxylic acids is 1. The normalized spacial score (nSPS) is 17.9. The highest BCUT2D eigenvalue weighted by molar-refractivity contribution is 5.86. The fourth-order valence-electron chi connectivity index (χ4n) is 5.72. The van der Waals surface area contributed by atoms with Gasteiger partial charge in [0.15, 0.2) is 0 Å². The molecule has 3 aromatic carbocycles. The molecule has 1 saturated heterocycles. The minimum absolute atomic E-state index is 0.299. The molecule has 1 amide bonds. The van der Waals surface area contributed by atoms with Crippen LogP contribution in [0.25, 0.3) is 44.5 Å². The van der Waals surface area contributed by atoms with Crippen molar-refractivity contribution in [3.8, 4) is 22.5 Å². The molecule has 3 heterocycles. The Hall–Kier alpha value is -3.86. The lowest BCUT2D eigenvalue weighted by molar-refractivity contribution is -0.131. The monoisotopic (exact) mass is 474 g/mol. The maximum Gasteiger partial charge on any atom is 0.225 e. The number of H-pyrrole nitrogens is 1. The molecule has 0 radical (unpaired) electrons.